The molecule has 2 aliphatic rings. The van der Waals surface area contributed by atoms with E-state index in [2.05, 4.69) is 15.1 Å². The number of nitrogens with zero attached hydrogens (tertiary/aromatic N) is 2. The van der Waals surface area contributed by atoms with E-state index in [-0.39, 0.29) is 11.7 Å². The lowest BCUT2D eigenvalue weighted by Crippen LogP contribution is -2.48. The van der Waals surface area contributed by atoms with Crippen molar-refractivity contribution >= 4 is 11.6 Å². The van der Waals surface area contributed by atoms with Gasteiger partial charge in [-0.15, -0.1) is 0 Å². The van der Waals surface area contributed by atoms with Gasteiger partial charge in [-0.25, -0.2) is 4.39 Å². The summed E-state index contributed by atoms with van der Waals surface area (Å²) < 4.78 is 13.0. The van der Waals surface area contributed by atoms with Crippen molar-refractivity contribution in [2.24, 2.45) is 5.92 Å². The molecule has 0 bridgehead atoms. The summed E-state index contributed by atoms with van der Waals surface area (Å²) in [5.41, 5.74) is 1.09. The molecule has 0 atom stereocenters. The minimum atomic E-state index is -0.189. The Hall–Kier alpha value is -1.62. The van der Waals surface area contributed by atoms with Gasteiger partial charge in [0.15, 0.2) is 0 Å². The van der Waals surface area contributed by atoms with E-state index in [1.165, 1.54) is 44.2 Å². The minimum absolute atomic E-state index is 0.189. The molecular weight excluding hydrogens is 317 g/mol. The Kier molecular flexibility index (Phi) is 6.68. The zero-order valence-corrected chi connectivity index (χ0v) is 15.1. The second-order valence-corrected chi connectivity index (χ2v) is 7.36. The number of anilines is 1. The van der Waals surface area contributed by atoms with Crippen molar-refractivity contribution < 1.29 is 9.18 Å². The first kappa shape index (κ1) is 18.2. The quantitative estimate of drug-likeness (QED) is 0.859. The molecule has 5 heteroatoms. The molecule has 1 saturated heterocycles. The molecule has 3 rings (SSSR count). The number of carbonyl (C=O) groups excluding carboxylic acids is 1. The molecule has 1 aromatic carbocycles. The van der Waals surface area contributed by atoms with Crippen LogP contribution in [0.3, 0.4) is 0 Å². The van der Waals surface area contributed by atoms with Gasteiger partial charge in [0.1, 0.15) is 5.82 Å². The lowest BCUT2D eigenvalue weighted by Gasteiger charge is -2.36. The number of piperazine rings is 1. The van der Waals surface area contributed by atoms with Crippen molar-refractivity contribution in [3.05, 3.63) is 30.1 Å². The Morgan fingerprint density at radius 3 is 2.40 bits per heavy atom. The predicted octanol–water partition coefficient (Wildman–Crippen LogP) is 3.03. The third kappa shape index (κ3) is 5.70. The number of hydrogen-bond acceptors (Lipinski definition) is 3. The van der Waals surface area contributed by atoms with Crippen molar-refractivity contribution in [2.75, 3.05) is 44.2 Å². The summed E-state index contributed by atoms with van der Waals surface area (Å²) in [6, 6.07) is 6.72. The molecular formula is C20H30FN3O. The first-order valence-electron chi connectivity index (χ1n) is 9.70. The summed E-state index contributed by atoms with van der Waals surface area (Å²) in [5, 5.41) is 3.09. The van der Waals surface area contributed by atoms with Crippen molar-refractivity contribution in [2.45, 2.75) is 38.5 Å². The highest BCUT2D eigenvalue weighted by molar-refractivity contribution is 5.76. The maximum Gasteiger partial charge on any atom is 0.220 e. The third-order valence-electron chi connectivity index (χ3n) is 5.51. The fourth-order valence-electron chi connectivity index (χ4n) is 3.96. The molecule has 0 unspecified atom stereocenters. The van der Waals surface area contributed by atoms with E-state index < -0.39 is 0 Å². The van der Waals surface area contributed by atoms with Gasteiger partial charge in [-0.2, -0.15) is 0 Å². The molecule has 0 spiro atoms. The molecule has 1 heterocycles. The first-order chi connectivity index (χ1) is 12.2. The monoisotopic (exact) mass is 347 g/mol. The standard InChI is InChI=1S/C20H30FN3O/c21-18-6-8-19(9-7-18)24-14-12-23(13-15-24)11-10-22-20(25)16-17-4-2-1-3-5-17/h6-9,17H,1-5,10-16H2,(H,22,25). The summed E-state index contributed by atoms with van der Waals surface area (Å²) >= 11 is 0. The molecule has 1 aliphatic heterocycles. The zero-order chi connectivity index (χ0) is 17.5. The SMILES string of the molecule is O=C(CC1CCCCC1)NCCN1CCN(c2ccc(F)cc2)CC1. The number of benzene rings is 1. The lowest BCUT2D eigenvalue weighted by atomic mass is 9.87. The number of rotatable bonds is 6. The second kappa shape index (κ2) is 9.18. The molecule has 0 radical (unpaired) electrons. The largest absolute Gasteiger partial charge is 0.369 e. The maximum absolute atomic E-state index is 13.0. The van der Waals surface area contributed by atoms with Gasteiger partial charge in [-0.05, 0) is 43.0 Å². The van der Waals surface area contributed by atoms with Crippen molar-refractivity contribution in [3.8, 4) is 0 Å². The predicted molar refractivity (Wildman–Crippen MR) is 99.3 cm³/mol. The normalized spacial score (nSPS) is 19.8. The number of carbonyl (C=O) groups is 1. The molecule has 138 valence electrons. The van der Waals surface area contributed by atoms with Crippen LogP contribution in [0.2, 0.25) is 0 Å². The maximum atomic E-state index is 13.0. The Labute approximate surface area is 150 Å². The van der Waals surface area contributed by atoms with Gasteiger partial charge in [0, 0.05) is 51.4 Å². The molecule has 1 aromatic rings. The minimum Gasteiger partial charge on any atom is -0.369 e. The van der Waals surface area contributed by atoms with Crippen LogP contribution >= 0.6 is 0 Å². The summed E-state index contributed by atoms with van der Waals surface area (Å²) in [6.45, 7) is 5.50. The summed E-state index contributed by atoms with van der Waals surface area (Å²) in [4.78, 5) is 16.7. The Bertz CT molecular complexity index is 534. The van der Waals surface area contributed by atoms with Gasteiger partial charge in [0.05, 0.1) is 0 Å². The van der Waals surface area contributed by atoms with Gasteiger partial charge < -0.3 is 10.2 Å². The third-order valence-corrected chi connectivity index (χ3v) is 5.51. The van der Waals surface area contributed by atoms with Crippen LogP contribution in [0.1, 0.15) is 38.5 Å². The highest BCUT2D eigenvalue weighted by Crippen LogP contribution is 2.26. The topological polar surface area (TPSA) is 35.6 Å². The summed E-state index contributed by atoms with van der Waals surface area (Å²) in [6.07, 6.45) is 7.06. The van der Waals surface area contributed by atoms with Gasteiger partial charge in [0.2, 0.25) is 5.91 Å². The van der Waals surface area contributed by atoms with E-state index in [9.17, 15) is 9.18 Å². The highest BCUT2D eigenvalue weighted by Gasteiger charge is 2.19. The average molecular weight is 347 g/mol. The van der Waals surface area contributed by atoms with Crippen LogP contribution in [0.5, 0.6) is 0 Å². The number of amides is 1. The van der Waals surface area contributed by atoms with Crippen molar-refractivity contribution in [1.82, 2.24) is 10.2 Å². The zero-order valence-electron chi connectivity index (χ0n) is 15.1. The molecule has 0 aromatic heterocycles. The van der Waals surface area contributed by atoms with Crippen LogP contribution in [0.15, 0.2) is 24.3 Å². The van der Waals surface area contributed by atoms with Crippen molar-refractivity contribution in [1.29, 1.82) is 0 Å². The van der Waals surface area contributed by atoms with E-state index in [0.29, 0.717) is 12.3 Å². The fourth-order valence-corrected chi connectivity index (χ4v) is 3.96. The van der Waals surface area contributed by atoms with E-state index in [4.69, 9.17) is 0 Å². The average Bonchev–Trinajstić information content (AvgIpc) is 2.64. The van der Waals surface area contributed by atoms with E-state index in [1.807, 2.05) is 12.1 Å². The molecule has 1 N–H and O–H groups in total. The van der Waals surface area contributed by atoms with E-state index >= 15 is 0 Å². The van der Waals surface area contributed by atoms with Crippen molar-refractivity contribution in [3.63, 3.8) is 0 Å². The first-order valence-corrected chi connectivity index (χ1v) is 9.70. The molecule has 1 saturated carbocycles. The second-order valence-electron chi connectivity index (χ2n) is 7.36. The Balaban J connectivity index is 1.31. The molecule has 4 nitrogen and oxygen atoms in total. The number of nitrogens with one attached hydrogen (secondary N) is 1. The van der Waals surface area contributed by atoms with Crippen LogP contribution in [-0.2, 0) is 4.79 Å². The molecule has 2 fully saturated rings. The van der Waals surface area contributed by atoms with Crippen LogP contribution in [0.25, 0.3) is 0 Å². The van der Waals surface area contributed by atoms with E-state index in [0.717, 1.165) is 45.0 Å². The summed E-state index contributed by atoms with van der Waals surface area (Å²) in [7, 11) is 0. The van der Waals surface area contributed by atoms with Crippen LogP contribution in [0, 0.1) is 11.7 Å². The van der Waals surface area contributed by atoms with Gasteiger partial charge in [0.25, 0.3) is 0 Å². The van der Waals surface area contributed by atoms with Gasteiger partial charge >= 0.3 is 0 Å². The van der Waals surface area contributed by atoms with E-state index in [1.54, 1.807) is 0 Å². The number of hydrogen-bond donors (Lipinski definition) is 1. The highest BCUT2D eigenvalue weighted by atomic mass is 19.1. The molecule has 25 heavy (non-hydrogen) atoms. The number of halogens is 1. The van der Waals surface area contributed by atoms with Crippen LogP contribution < -0.4 is 10.2 Å². The fraction of sp³-hybridized carbons (Fsp3) is 0.650. The van der Waals surface area contributed by atoms with Crippen LogP contribution in [-0.4, -0.2) is 50.1 Å². The van der Waals surface area contributed by atoms with Gasteiger partial charge in [-0.1, -0.05) is 19.3 Å². The van der Waals surface area contributed by atoms with Gasteiger partial charge in [-0.3, -0.25) is 9.69 Å². The molecule has 1 amide bonds. The smallest absolute Gasteiger partial charge is 0.220 e. The van der Waals surface area contributed by atoms with Crippen LogP contribution in [0.4, 0.5) is 10.1 Å². The Morgan fingerprint density at radius 1 is 1.04 bits per heavy atom. The lowest BCUT2D eigenvalue weighted by molar-refractivity contribution is -0.122. The molecule has 1 aliphatic carbocycles. The Morgan fingerprint density at radius 2 is 1.72 bits per heavy atom. The summed E-state index contributed by atoms with van der Waals surface area (Å²) in [5.74, 6) is 0.635.